The fourth-order valence-corrected chi connectivity index (χ4v) is 2.21. The fourth-order valence-electron chi connectivity index (χ4n) is 1.63. The number of benzene rings is 1. The summed E-state index contributed by atoms with van der Waals surface area (Å²) in [5.74, 6) is 0.675. The van der Waals surface area contributed by atoms with Crippen LogP contribution >= 0.6 is 11.3 Å². The Hall–Kier alpha value is -2.14. The van der Waals surface area contributed by atoms with Gasteiger partial charge >= 0.3 is 0 Å². The third kappa shape index (κ3) is 4.51. The number of hydrogen-bond donors (Lipinski definition) is 1. The minimum absolute atomic E-state index is 0.137. The standard InChI is InChI=1S/C15H16N2O2S/c1-2-19-13-7-5-12(6-8-13)10-15(18)17-16-11-14-4-3-9-20-14/h3-9,11H,2,10H2,1H3,(H,17,18)/b16-11-. The van der Waals surface area contributed by atoms with Gasteiger partial charge in [-0.05, 0) is 36.1 Å². The Balaban J connectivity index is 1.82. The van der Waals surface area contributed by atoms with Crippen molar-refractivity contribution >= 4 is 23.5 Å². The average Bonchev–Trinajstić information content (AvgIpc) is 2.94. The summed E-state index contributed by atoms with van der Waals surface area (Å²) in [6.07, 6.45) is 1.94. The van der Waals surface area contributed by atoms with E-state index in [0.717, 1.165) is 16.2 Å². The van der Waals surface area contributed by atoms with Gasteiger partial charge in [-0.15, -0.1) is 11.3 Å². The van der Waals surface area contributed by atoms with Crippen molar-refractivity contribution in [3.05, 3.63) is 52.2 Å². The molecule has 1 aromatic carbocycles. The summed E-state index contributed by atoms with van der Waals surface area (Å²) < 4.78 is 5.35. The van der Waals surface area contributed by atoms with Gasteiger partial charge < -0.3 is 4.74 Å². The maximum atomic E-state index is 11.7. The minimum Gasteiger partial charge on any atom is -0.494 e. The van der Waals surface area contributed by atoms with E-state index in [9.17, 15) is 4.79 Å². The highest BCUT2D eigenvalue weighted by atomic mass is 32.1. The quantitative estimate of drug-likeness (QED) is 0.656. The van der Waals surface area contributed by atoms with Gasteiger partial charge in [0.1, 0.15) is 5.75 Å². The number of nitrogens with zero attached hydrogens (tertiary/aromatic N) is 1. The lowest BCUT2D eigenvalue weighted by atomic mass is 10.1. The zero-order valence-corrected chi connectivity index (χ0v) is 12.0. The van der Waals surface area contributed by atoms with E-state index in [-0.39, 0.29) is 5.91 Å². The number of carbonyl (C=O) groups excluding carboxylic acids is 1. The first-order valence-electron chi connectivity index (χ1n) is 6.35. The van der Waals surface area contributed by atoms with Crippen LogP contribution in [0.2, 0.25) is 0 Å². The molecule has 4 nitrogen and oxygen atoms in total. The van der Waals surface area contributed by atoms with Crippen LogP contribution in [-0.2, 0) is 11.2 Å². The van der Waals surface area contributed by atoms with Gasteiger partial charge in [-0.3, -0.25) is 4.79 Å². The molecule has 0 saturated heterocycles. The zero-order chi connectivity index (χ0) is 14.2. The van der Waals surface area contributed by atoms with E-state index in [2.05, 4.69) is 10.5 Å². The first-order chi connectivity index (χ1) is 9.78. The maximum absolute atomic E-state index is 11.7. The summed E-state index contributed by atoms with van der Waals surface area (Å²) >= 11 is 1.57. The molecule has 1 heterocycles. The SMILES string of the molecule is CCOc1ccc(CC(=O)N/N=C\c2cccs2)cc1. The molecular weight excluding hydrogens is 272 g/mol. The topological polar surface area (TPSA) is 50.7 Å². The molecule has 1 N–H and O–H groups in total. The van der Waals surface area contributed by atoms with Crippen LogP contribution in [0.3, 0.4) is 0 Å². The molecule has 1 aromatic heterocycles. The van der Waals surface area contributed by atoms with Crippen molar-refractivity contribution in [2.75, 3.05) is 6.61 Å². The van der Waals surface area contributed by atoms with Crippen LogP contribution in [0.1, 0.15) is 17.4 Å². The Morgan fingerprint density at radius 2 is 2.15 bits per heavy atom. The smallest absolute Gasteiger partial charge is 0.244 e. The van der Waals surface area contributed by atoms with Gasteiger partial charge in [-0.25, -0.2) is 5.43 Å². The van der Waals surface area contributed by atoms with E-state index in [1.54, 1.807) is 17.6 Å². The number of hydrazone groups is 1. The van der Waals surface area contributed by atoms with Crippen LogP contribution in [0.4, 0.5) is 0 Å². The Morgan fingerprint density at radius 3 is 2.80 bits per heavy atom. The Kier molecular flexibility index (Phi) is 5.32. The number of amides is 1. The molecule has 2 rings (SSSR count). The molecule has 0 saturated carbocycles. The third-order valence-corrected chi connectivity index (χ3v) is 3.33. The van der Waals surface area contributed by atoms with Gasteiger partial charge in [-0.1, -0.05) is 18.2 Å². The van der Waals surface area contributed by atoms with E-state index in [1.807, 2.05) is 48.7 Å². The van der Waals surface area contributed by atoms with E-state index in [0.29, 0.717) is 13.0 Å². The highest BCUT2D eigenvalue weighted by Gasteiger charge is 2.02. The fraction of sp³-hybridized carbons (Fsp3) is 0.200. The van der Waals surface area contributed by atoms with E-state index < -0.39 is 0 Å². The van der Waals surface area contributed by atoms with E-state index >= 15 is 0 Å². The Morgan fingerprint density at radius 1 is 1.35 bits per heavy atom. The van der Waals surface area contributed by atoms with Crippen molar-refractivity contribution in [3.63, 3.8) is 0 Å². The monoisotopic (exact) mass is 288 g/mol. The summed E-state index contributed by atoms with van der Waals surface area (Å²) in [6, 6.07) is 11.4. The molecule has 104 valence electrons. The van der Waals surface area contributed by atoms with Gasteiger partial charge in [0.05, 0.1) is 19.2 Å². The molecule has 0 aliphatic rings. The molecule has 0 fully saturated rings. The molecular formula is C15H16N2O2S. The van der Waals surface area contributed by atoms with Gasteiger partial charge in [0, 0.05) is 4.88 Å². The predicted octanol–water partition coefficient (Wildman–Crippen LogP) is 2.84. The second kappa shape index (κ2) is 7.45. The summed E-state index contributed by atoms with van der Waals surface area (Å²) in [6.45, 7) is 2.57. The second-order valence-corrected chi connectivity index (χ2v) is 5.04. The first-order valence-corrected chi connectivity index (χ1v) is 7.23. The van der Waals surface area contributed by atoms with Gasteiger partial charge in [-0.2, -0.15) is 5.10 Å². The van der Waals surface area contributed by atoms with Crippen molar-refractivity contribution in [1.82, 2.24) is 5.43 Å². The lowest BCUT2D eigenvalue weighted by Gasteiger charge is -2.04. The van der Waals surface area contributed by atoms with Gasteiger partial charge in [0.25, 0.3) is 0 Å². The Bertz CT molecular complexity index is 562. The number of rotatable bonds is 6. The largest absolute Gasteiger partial charge is 0.494 e. The normalized spacial score (nSPS) is 10.7. The first kappa shape index (κ1) is 14.3. The van der Waals surface area contributed by atoms with Crippen LogP contribution in [0, 0.1) is 0 Å². The molecule has 0 radical (unpaired) electrons. The molecule has 0 bridgehead atoms. The second-order valence-electron chi connectivity index (χ2n) is 4.06. The van der Waals surface area contributed by atoms with Crippen LogP contribution in [0.25, 0.3) is 0 Å². The van der Waals surface area contributed by atoms with Crippen molar-refractivity contribution in [2.24, 2.45) is 5.10 Å². The average molecular weight is 288 g/mol. The Labute approximate surface area is 122 Å². The molecule has 0 atom stereocenters. The molecule has 0 aliphatic heterocycles. The van der Waals surface area contributed by atoms with E-state index in [1.165, 1.54) is 0 Å². The van der Waals surface area contributed by atoms with Crippen LogP contribution in [-0.4, -0.2) is 18.7 Å². The highest BCUT2D eigenvalue weighted by Crippen LogP contribution is 2.12. The highest BCUT2D eigenvalue weighted by molar-refractivity contribution is 7.11. The molecule has 5 heteroatoms. The molecule has 20 heavy (non-hydrogen) atoms. The van der Waals surface area contributed by atoms with E-state index in [4.69, 9.17) is 4.74 Å². The minimum atomic E-state index is -0.137. The van der Waals surface area contributed by atoms with Crippen molar-refractivity contribution < 1.29 is 9.53 Å². The lowest BCUT2D eigenvalue weighted by molar-refractivity contribution is -0.120. The molecule has 2 aromatic rings. The molecule has 0 aliphatic carbocycles. The summed E-state index contributed by atoms with van der Waals surface area (Å²) in [5, 5.41) is 5.88. The lowest BCUT2D eigenvalue weighted by Crippen LogP contribution is -2.19. The summed E-state index contributed by atoms with van der Waals surface area (Å²) in [4.78, 5) is 12.7. The number of nitrogens with one attached hydrogen (secondary N) is 1. The number of thiophene rings is 1. The molecule has 1 amide bonds. The zero-order valence-electron chi connectivity index (χ0n) is 11.2. The van der Waals surface area contributed by atoms with Gasteiger partial charge in [0.15, 0.2) is 0 Å². The molecule has 0 spiro atoms. The molecule has 0 unspecified atom stereocenters. The summed E-state index contributed by atoms with van der Waals surface area (Å²) in [7, 11) is 0. The van der Waals surface area contributed by atoms with Crippen molar-refractivity contribution in [2.45, 2.75) is 13.3 Å². The van der Waals surface area contributed by atoms with Gasteiger partial charge in [0.2, 0.25) is 5.91 Å². The van der Waals surface area contributed by atoms with Crippen LogP contribution in [0.15, 0.2) is 46.9 Å². The maximum Gasteiger partial charge on any atom is 0.244 e. The number of carbonyl (C=O) groups is 1. The third-order valence-electron chi connectivity index (χ3n) is 2.52. The predicted molar refractivity (Wildman–Crippen MR) is 81.4 cm³/mol. The van der Waals surface area contributed by atoms with Crippen LogP contribution in [0.5, 0.6) is 5.75 Å². The number of ether oxygens (including phenoxy) is 1. The van der Waals surface area contributed by atoms with Crippen molar-refractivity contribution in [1.29, 1.82) is 0 Å². The van der Waals surface area contributed by atoms with Crippen molar-refractivity contribution in [3.8, 4) is 5.75 Å². The number of hydrogen-bond acceptors (Lipinski definition) is 4. The summed E-state index contributed by atoms with van der Waals surface area (Å²) in [5.41, 5.74) is 3.44. The van der Waals surface area contributed by atoms with Crippen LogP contribution < -0.4 is 10.2 Å².